The van der Waals surface area contributed by atoms with Crippen molar-refractivity contribution in [2.24, 2.45) is 5.73 Å². The summed E-state index contributed by atoms with van der Waals surface area (Å²) in [6, 6.07) is 14.9. The van der Waals surface area contributed by atoms with Gasteiger partial charge >= 0.3 is 0 Å². The Morgan fingerprint density at radius 3 is 2.79 bits per heavy atom. The van der Waals surface area contributed by atoms with E-state index in [0.717, 1.165) is 45.9 Å². The van der Waals surface area contributed by atoms with Crippen molar-refractivity contribution in [1.29, 1.82) is 0 Å². The van der Waals surface area contributed by atoms with Crippen molar-refractivity contribution in [3.8, 4) is 10.4 Å². The van der Waals surface area contributed by atoms with Crippen molar-refractivity contribution in [2.45, 2.75) is 42.9 Å². The lowest BCUT2D eigenvalue weighted by atomic mass is 9.94. The van der Waals surface area contributed by atoms with E-state index in [-0.39, 0.29) is 23.0 Å². The Kier molecular flexibility index (Phi) is 7.99. The van der Waals surface area contributed by atoms with Crippen LogP contribution < -0.4 is 16.5 Å². The molecule has 4 rings (SSSR count). The third kappa shape index (κ3) is 5.85. The molecule has 2 aromatic heterocycles. The summed E-state index contributed by atoms with van der Waals surface area (Å²) in [5, 5.41) is 12.0. The molecule has 0 unspecified atom stereocenters. The fraction of sp³-hybridized carbons (Fsp3) is 0.320. The number of amides is 2. The Morgan fingerprint density at radius 2 is 2.06 bits per heavy atom. The van der Waals surface area contributed by atoms with Gasteiger partial charge in [0.15, 0.2) is 0 Å². The van der Waals surface area contributed by atoms with Gasteiger partial charge in [0.2, 0.25) is 11.8 Å². The summed E-state index contributed by atoms with van der Waals surface area (Å²) < 4.78 is -0.321. The Balaban J connectivity index is 1.48. The summed E-state index contributed by atoms with van der Waals surface area (Å²) in [6.07, 6.45) is 7.15. The molecule has 1 aromatic carbocycles. The Hall–Kier alpha value is -2.72. The molecule has 0 bridgehead atoms. The molecule has 3 heterocycles. The monoisotopic (exact) mass is 496 g/mol. The number of nitrogens with zero attached hydrogens (tertiary/aromatic N) is 1. The average molecular weight is 497 g/mol. The summed E-state index contributed by atoms with van der Waals surface area (Å²) in [4.78, 5) is 30.9. The lowest BCUT2D eigenvalue weighted by Crippen LogP contribution is -2.37. The molecule has 1 aliphatic heterocycles. The van der Waals surface area contributed by atoms with E-state index in [4.69, 9.17) is 10.9 Å². The zero-order valence-corrected chi connectivity index (χ0v) is 20.3. The van der Waals surface area contributed by atoms with E-state index in [9.17, 15) is 9.59 Å². The third-order valence-electron chi connectivity index (χ3n) is 5.91. The van der Waals surface area contributed by atoms with Crippen molar-refractivity contribution < 1.29 is 14.8 Å². The number of anilines is 1. The van der Waals surface area contributed by atoms with E-state index >= 15 is 0 Å². The van der Waals surface area contributed by atoms with Crippen LogP contribution in [0.5, 0.6) is 0 Å². The number of thiophene rings is 1. The Bertz CT molecular complexity index is 1130. The van der Waals surface area contributed by atoms with E-state index < -0.39 is 6.04 Å². The number of aromatic nitrogens is 1. The molecule has 0 saturated carbocycles. The second kappa shape index (κ2) is 11.1. The van der Waals surface area contributed by atoms with Crippen LogP contribution in [0, 0.1) is 0 Å². The average Bonchev–Trinajstić information content (AvgIpc) is 3.37. The number of hydroxylamine groups is 1. The number of rotatable bonds is 8. The Morgan fingerprint density at radius 1 is 1.18 bits per heavy atom. The minimum Gasteiger partial charge on any atom is -0.325 e. The number of pyridine rings is 1. The normalized spacial score (nSPS) is 18.8. The van der Waals surface area contributed by atoms with Crippen LogP contribution in [0.3, 0.4) is 0 Å². The fourth-order valence-electron chi connectivity index (χ4n) is 4.16. The number of nitrogens with one attached hydrogen (secondary N) is 2. The highest BCUT2D eigenvalue weighted by Crippen LogP contribution is 2.50. The second-order valence-electron chi connectivity index (χ2n) is 8.42. The zero-order valence-electron chi connectivity index (χ0n) is 18.7. The highest BCUT2D eigenvalue weighted by Gasteiger charge is 2.38. The number of carbonyl (C=O) groups is 2. The number of thioether (sulfide) groups is 1. The summed E-state index contributed by atoms with van der Waals surface area (Å²) in [7, 11) is 0. The molecule has 178 valence electrons. The number of carbonyl (C=O) groups excluding carboxylic acids is 2. The number of hydrogen-bond acceptors (Lipinski definition) is 7. The molecule has 9 heteroatoms. The smallest absolute Gasteiger partial charge is 0.245 e. The molecule has 34 heavy (non-hydrogen) atoms. The van der Waals surface area contributed by atoms with Gasteiger partial charge in [-0.15, -0.1) is 23.1 Å². The maximum absolute atomic E-state index is 12.6. The minimum absolute atomic E-state index is 0.249. The van der Waals surface area contributed by atoms with Gasteiger partial charge in [-0.05, 0) is 66.5 Å². The van der Waals surface area contributed by atoms with Gasteiger partial charge in [-0.1, -0.05) is 24.6 Å². The second-order valence-corrected chi connectivity index (χ2v) is 11.0. The van der Waals surface area contributed by atoms with E-state index in [2.05, 4.69) is 22.4 Å². The van der Waals surface area contributed by atoms with Crippen molar-refractivity contribution >= 4 is 40.6 Å². The van der Waals surface area contributed by atoms with Crippen LogP contribution in [0.1, 0.15) is 36.1 Å². The van der Waals surface area contributed by atoms with Gasteiger partial charge in [-0.2, -0.15) is 0 Å². The summed E-state index contributed by atoms with van der Waals surface area (Å²) in [5.41, 5.74) is 10.5. The predicted octanol–water partition coefficient (Wildman–Crippen LogP) is 4.33. The standard InChI is InChI=1S/C25H28N4O3S2/c26-20(13-17-5-4-11-27-16-17)24(31)28-19-7-3-6-18(14-19)21-8-9-22(34-21)25(15-23(30)29-32)10-1-2-12-33-25/h3-9,11,14,16,20,32H,1-2,10,12-13,15,26H2,(H,28,31)(H,29,30)/t20-,25-/m0/s1. The molecule has 0 radical (unpaired) electrons. The van der Waals surface area contributed by atoms with Crippen molar-refractivity contribution in [1.82, 2.24) is 10.5 Å². The van der Waals surface area contributed by atoms with Gasteiger partial charge in [0.25, 0.3) is 0 Å². The van der Waals surface area contributed by atoms with Crippen molar-refractivity contribution in [3.63, 3.8) is 0 Å². The number of benzene rings is 1. The maximum Gasteiger partial charge on any atom is 0.245 e. The largest absolute Gasteiger partial charge is 0.325 e. The predicted molar refractivity (Wildman–Crippen MR) is 137 cm³/mol. The molecule has 2 atom stereocenters. The molecule has 0 aliphatic carbocycles. The molecule has 7 nitrogen and oxygen atoms in total. The minimum atomic E-state index is -0.679. The first-order chi connectivity index (χ1) is 16.5. The van der Waals surface area contributed by atoms with Gasteiger partial charge in [-0.25, -0.2) is 5.48 Å². The zero-order chi connectivity index (χ0) is 24.0. The van der Waals surface area contributed by atoms with Gasteiger partial charge < -0.3 is 11.1 Å². The first-order valence-electron chi connectivity index (χ1n) is 11.2. The molecule has 2 amide bonds. The number of hydrogen-bond donors (Lipinski definition) is 4. The lowest BCUT2D eigenvalue weighted by Gasteiger charge is -2.35. The molecule has 1 saturated heterocycles. The highest BCUT2D eigenvalue weighted by atomic mass is 32.2. The van der Waals surface area contributed by atoms with Gasteiger partial charge in [0.1, 0.15) is 0 Å². The summed E-state index contributed by atoms with van der Waals surface area (Å²) in [6.45, 7) is 0. The van der Waals surface area contributed by atoms with Gasteiger partial charge in [-0.3, -0.25) is 19.8 Å². The van der Waals surface area contributed by atoms with Crippen LogP contribution in [0.15, 0.2) is 60.9 Å². The van der Waals surface area contributed by atoms with E-state index in [1.807, 2.05) is 36.4 Å². The summed E-state index contributed by atoms with van der Waals surface area (Å²) >= 11 is 3.45. The topological polar surface area (TPSA) is 117 Å². The van der Waals surface area contributed by atoms with Crippen LogP contribution in [0.25, 0.3) is 10.4 Å². The maximum atomic E-state index is 12.6. The van der Waals surface area contributed by atoms with Crippen LogP contribution in [-0.4, -0.2) is 33.8 Å². The molecular formula is C25H28N4O3S2. The third-order valence-corrected chi connectivity index (χ3v) is 8.99. The molecular weight excluding hydrogens is 468 g/mol. The molecule has 5 N–H and O–H groups in total. The van der Waals surface area contributed by atoms with E-state index in [0.29, 0.717) is 12.1 Å². The summed E-state index contributed by atoms with van der Waals surface area (Å²) in [5.74, 6) is 0.379. The quantitative estimate of drug-likeness (QED) is 0.272. The van der Waals surface area contributed by atoms with E-state index in [1.165, 1.54) is 0 Å². The highest BCUT2D eigenvalue weighted by molar-refractivity contribution is 8.00. The fourth-order valence-corrected chi connectivity index (χ4v) is 7.05. The Labute approximate surface area is 207 Å². The van der Waals surface area contributed by atoms with Crippen LogP contribution in [0.4, 0.5) is 5.69 Å². The van der Waals surface area contributed by atoms with Gasteiger partial charge in [0, 0.05) is 34.3 Å². The lowest BCUT2D eigenvalue weighted by molar-refractivity contribution is -0.129. The molecule has 1 aliphatic rings. The van der Waals surface area contributed by atoms with Crippen molar-refractivity contribution in [3.05, 3.63) is 71.4 Å². The molecule has 1 fully saturated rings. The first-order valence-corrected chi connectivity index (χ1v) is 13.0. The van der Waals surface area contributed by atoms with Crippen LogP contribution in [0.2, 0.25) is 0 Å². The SMILES string of the molecule is N[C@@H](Cc1cccnc1)C(=O)Nc1cccc(-c2ccc([C@@]3(CC(=O)NO)CCCCS3)s2)c1. The molecule has 0 spiro atoms. The van der Waals surface area contributed by atoms with E-state index in [1.54, 1.807) is 41.0 Å². The van der Waals surface area contributed by atoms with Gasteiger partial charge in [0.05, 0.1) is 10.8 Å². The van der Waals surface area contributed by atoms with Crippen LogP contribution >= 0.6 is 23.1 Å². The molecule has 3 aromatic rings. The number of nitrogens with two attached hydrogens (primary N) is 1. The van der Waals surface area contributed by atoms with Crippen molar-refractivity contribution in [2.75, 3.05) is 11.1 Å². The van der Waals surface area contributed by atoms with Crippen LogP contribution in [-0.2, 0) is 20.8 Å². The first kappa shape index (κ1) is 24.4.